The lowest BCUT2D eigenvalue weighted by Crippen LogP contribution is -2.15. The Morgan fingerprint density at radius 1 is 1.30 bits per heavy atom. The van der Waals surface area contributed by atoms with Gasteiger partial charge in [-0.1, -0.05) is 6.07 Å². The standard InChI is InChI=1S/C14H12FNO3S/c15-9-3-5-11(14(18)19)12(8-9)16-13(17)6-4-10-2-1-7-20-10/h1-3,5,7-8H,4,6H2,(H,16,17)(H,18,19). The first-order chi connectivity index (χ1) is 9.56. The number of aryl methyl sites for hydroxylation is 1. The van der Waals surface area contributed by atoms with Gasteiger partial charge in [-0.05, 0) is 36.1 Å². The number of halogens is 1. The number of amides is 1. The number of aromatic carboxylic acids is 1. The third-order valence-electron chi connectivity index (χ3n) is 2.66. The number of carbonyl (C=O) groups excluding carboxylic acids is 1. The Morgan fingerprint density at radius 2 is 2.10 bits per heavy atom. The number of carboxylic acids is 1. The van der Waals surface area contributed by atoms with Crippen molar-refractivity contribution in [2.45, 2.75) is 12.8 Å². The maximum Gasteiger partial charge on any atom is 0.337 e. The van der Waals surface area contributed by atoms with E-state index in [9.17, 15) is 14.0 Å². The number of thiophene rings is 1. The van der Waals surface area contributed by atoms with Gasteiger partial charge in [0.1, 0.15) is 5.82 Å². The van der Waals surface area contributed by atoms with E-state index in [2.05, 4.69) is 5.32 Å². The molecule has 20 heavy (non-hydrogen) atoms. The number of benzene rings is 1. The van der Waals surface area contributed by atoms with Gasteiger partial charge in [-0.2, -0.15) is 0 Å². The minimum Gasteiger partial charge on any atom is -0.478 e. The minimum absolute atomic E-state index is 0.0197. The summed E-state index contributed by atoms with van der Waals surface area (Å²) in [5.74, 6) is -2.14. The SMILES string of the molecule is O=C(CCc1cccs1)Nc1cc(F)ccc1C(=O)O. The molecule has 0 aliphatic carbocycles. The molecule has 0 aliphatic heterocycles. The van der Waals surface area contributed by atoms with Crippen molar-refractivity contribution in [3.05, 3.63) is 52.0 Å². The predicted molar refractivity (Wildman–Crippen MR) is 74.6 cm³/mol. The summed E-state index contributed by atoms with van der Waals surface area (Å²) in [6, 6.07) is 7.00. The maximum atomic E-state index is 13.1. The second-order valence-corrected chi connectivity index (χ2v) is 5.15. The van der Waals surface area contributed by atoms with Crippen LogP contribution >= 0.6 is 11.3 Å². The van der Waals surface area contributed by atoms with Crippen LogP contribution in [0.2, 0.25) is 0 Å². The molecule has 1 heterocycles. The molecule has 2 aromatic rings. The largest absolute Gasteiger partial charge is 0.478 e. The monoisotopic (exact) mass is 293 g/mol. The number of carboxylic acid groups (broad SMARTS) is 1. The van der Waals surface area contributed by atoms with Crippen molar-refractivity contribution in [2.75, 3.05) is 5.32 Å². The van der Waals surface area contributed by atoms with Crippen molar-refractivity contribution in [2.24, 2.45) is 0 Å². The summed E-state index contributed by atoms with van der Waals surface area (Å²) in [7, 11) is 0. The highest BCUT2D eigenvalue weighted by molar-refractivity contribution is 7.09. The van der Waals surface area contributed by atoms with Gasteiger partial charge >= 0.3 is 5.97 Å². The van der Waals surface area contributed by atoms with Crippen LogP contribution in [-0.4, -0.2) is 17.0 Å². The van der Waals surface area contributed by atoms with Crippen molar-refractivity contribution in [1.82, 2.24) is 0 Å². The molecule has 0 bridgehead atoms. The Bertz CT molecular complexity index is 625. The van der Waals surface area contributed by atoms with Crippen LogP contribution in [0.5, 0.6) is 0 Å². The number of anilines is 1. The fourth-order valence-corrected chi connectivity index (χ4v) is 2.42. The Balaban J connectivity index is 2.03. The maximum absolute atomic E-state index is 13.1. The summed E-state index contributed by atoms with van der Waals surface area (Å²) >= 11 is 1.55. The van der Waals surface area contributed by atoms with Crippen LogP contribution in [0.3, 0.4) is 0 Å². The predicted octanol–water partition coefficient (Wildman–Crippen LogP) is 3.16. The molecule has 0 saturated carbocycles. The average molecular weight is 293 g/mol. The Morgan fingerprint density at radius 3 is 2.75 bits per heavy atom. The molecule has 6 heteroatoms. The van der Waals surface area contributed by atoms with Crippen LogP contribution in [0.1, 0.15) is 21.7 Å². The quantitative estimate of drug-likeness (QED) is 0.890. The van der Waals surface area contributed by atoms with Crippen molar-refractivity contribution in [3.8, 4) is 0 Å². The number of rotatable bonds is 5. The molecule has 0 unspecified atom stereocenters. The molecule has 0 aliphatic rings. The normalized spacial score (nSPS) is 10.2. The van der Waals surface area contributed by atoms with E-state index in [4.69, 9.17) is 5.11 Å². The van der Waals surface area contributed by atoms with Crippen LogP contribution < -0.4 is 5.32 Å². The molecule has 0 fully saturated rings. The van der Waals surface area contributed by atoms with Crippen molar-refractivity contribution in [3.63, 3.8) is 0 Å². The van der Waals surface area contributed by atoms with E-state index in [0.29, 0.717) is 6.42 Å². The van der Waals surface area contributed by atoms with E-state index in [1.54, 1.807) is 11.3 Å². The molecule has 1 aromatic heterocycles. The van der Waals surface area contributed by atoms with E-state index in [0.717, 1.165) is 23.1 Å². The second kappa shape index (κ2) is 6.29. The van der Waals surface area contributed by atoms with E-state index in [-0.39, 0.29) is 23.6 Å². The lowest BCUT2D eigenvalue weighted by Gasteiger charge is -2.08. The molecule has 4 nitrogen and oxygen atoms in total. The van der Waals surface area contributed by atoms with E-state index >= 15 is 0 Å². The van der Waals surface area contributed by atoms with Gasteiger partial charge in [0.2, 0.25) is 5.91 Å². The van der Waals surface area contributed by atoms with E-state index in [1.165, 1.54) is 0 Å². The van der Waals surface area contributed by atoms with Crippen LogP contribution in [0, 0.1) is 5.82 Å². The lowest BCUT2D eigenvalue weighted by atomic mass is 10.1. The molecule has 0 spiro atoms. The van der Waals surface area contributed by atoms with Gasteiger partial charge < -0.3 is 10.4 Å². The van der Waals surface area contributed by atoms with Crippen LogP contribution in [0.15, 0.2) is 35.7 Å². The fourth-order valence-electron chi connectivity index (χ4n) is 1.71. The number of carbonyl (C=O) groups is 2. The molecule has 1 amide bonds. The van der Waals surface area contributed by atoms with E-state index < -0.39 is 11.8 Å². The highest BCUT2D eigenvalue weighted by Gasteiger charge is 2.13. The zero-order valence-corrected chi connectivity index (χ0v) is 11.2. The lowest BCUT2D eigenvalue weighted by molar-refractivity contribution is -0.116. The summed E-state index contributed by atoms with van der Waals surface area (Å²) in [5.41, 5.74) is -0.149. The molecule has 2 rings (SSSR count). The molecule has 2 N–H and O–H groups in total. The molecule has 0 atom stereocenters. The third kappa shape index (κ3) is 3.64. The van der Waals surface area contributed by atoms with Gasteiger partial charge in [-0.15, -0.1) is 11.3 Å². The van der Waals surface area contributed by atoms with Crippen LogP contribution in [0.4, 0.5) is 10.1 Å². The zero-order valence-electron chi connectivity index (χ0n) is 10.4. The minimum atomic E-state index is -1.21. The summed E-state index contributed by atoms with van der Waals surface area (Å²) in [6.07, 6.45) is 0.789. The number of nitrogens with one attached hydrogen (secondary N) is 1. The molecule has 1 aromatic carbocycles. The van der Waals surface area contributed by atoms with Crippen LogP contribution in [0.25, 0.3) is 0 Å². The van der Waals surface area contributed by atoms with Gasteiger partial charge in [0, 0.05) is 11.3 Å². The fraction of sp³-hybridized carbons (Fsp3) is 0.143. The second-order valence-electron chi connectivity index (χ2n) is 4.12. The van der Waals surface area contributed by atoms with Crippen molar-refractivity contribution in [1.29, 1.82) is 0 Å². The molecular formula is C14H12FNO3S. The Hall–Kier alpha value is -2.21. The highest BCUT2D eigenvalue weighted by atomic mass is 32.1. The van der Waals surface area contributed by atoms with Gasteiger partial charge in [0.15, 0.2) is 0 Å². The summed E-state index contributed by atoms with van der Waals surface area (Å²) in [5, 5.41) is 13.3. The third-order valence-corrected chi connectivity index (χ3v) is 3.60. The Kier molecular flexibility index (Phi) is 4.47. The zero-order chi connectivity index (χ0) is 14.5. The first-order valence-electron chi connectivity index (χ1n) is 5.91. The van der Waals surface area contributed by atoms with Crippen molar-refractivity contribution >= 4 is 28.9 Å². The molecular weight excluding hydrogens is 281 g/mol. The summed E-state index contributed by atoms with van der Waals surface area (Å²) < 4.78 is 13.1. The van der Waals surface area contributed by atoms with E-state index in [1.807, 2.05) is 17.5 Å². The Labute approximate surface area is 118 Å². The van der Waals surface area contributed by atoms with Gasteiger partial charge in [-0.25, -0.2) is 9.18 Å². The molecule has 0 radical (unpaired) electrons. The topological polar surface area (TPSA) is 66.4 Å². The number of hydrogen-bond acceptors (Lipinski definition) is 3. The van der Waals surface area contributed by atoms with Crippen LogP contribution in [-0.2, 0) is 11.2 Å². The summed E-state index contributed by atoms with van der Waals surface area (Å²) in [6.45, 7) is 0. The van der Waals surface area contributed by atoms with Gasteiger partial charge in [0.25, 0.3) is 0 Å². The molecule has 104 valence electrons. The average Bonchev–Trinajstić information content (AvgIpc) is 2.89. The van der Waals surface area contributed by atoms with Gasteiger partial charge in [0.05, 0.1) is 11.3 Å². The smallest absolute Gasteiger partial charge is 0.337 e. The first kappa shape index (κ1) is 14.2. The molecule has 0 saturated heterocycles. The summed E-state index contributed by atoms with van der Waals surface area (Å²) in [4.78, 5) is 23.8. The highest BCUT2D eigenvalue weighted by Crippen LogP contribution is 2.18. The van der Waals surface area contributed by atoms with Gasteiger partial charge in [-0.3, -0.25) is 4.79 Å². The first-order valence-corrected chi connectivity index (χ1v) is 6.79. The number of hydrogen-bond donors (Lipinski definition) is 2. The van der Waals surface area contributed by atoms with Crippen molar-refractivity contribution < 1.29 is 19.1 Å².